The second kappa shape index (κ2) is 5.99. The number of amides is 1. The van der Waals surface area contributed by atoms with Crippen LogP contribution in [0.25, 0.3) is 0 Å². The molecule has 1 N–H and O–H groups in total. The summed E-state index contributed by atoms with van der Waals surface area (Å²) in [5.41, 5.74) is 0.149. The third-order valence-corrected chi connectivity index (χ3v) is 4.74. The summed E-state index contributed by atoms with van der Waals surface area (Å²) in [7, 11) is 0. The Morgan fingerprint density at radius 3 is 2.42 bits per heavy atom. The molecule has 3 atom stereocenters. The van der Waals surface area contributed by atoms with E-state index in [2.05, 4.69) is 4.74 Å². The lowest BCUT2D eigenvalue weighted by Crippen LogP contribution is -2.43. The number of likely N-dealkylation sites (tertiary alicyclic amines) is 1. The van der Waals surface area contributed by atoms with Crippen LogP contribution in [0.5, 0.6) is 5.75 Å². The fourth-order valence-electron chi connectivity index (χ4n) is 3.80. The van der Waals surface area contributed by atoms with Crippen LogP contribution in [0.15, 0.2) is 24.3 Å². The summed E-state index contributed by atoms with van der Waals surface area (Å²) in [5, 5.41) is 9.46. The minimum absolute atomic E-state index is 0.0423. The molecule has 0 bridgehead atoms. The lowest BCUT2D eigenvalue weighted by Gasteiger charge is -2.24. The molecule has 2 fully saturated rings. The highest BCUT2D eigenvalue weighted by Gasteiger charge is 2.49. The summed E-state index contributed by atoms with van der Waals surface area (Å²) in [6.07, 6.45) is -2.16. The van der Waals surface area contributed by atoms with E-state index in [1.807, 2.05) is 0 Å². The van der Waals surface area contributed by atoms with Crippen LogP contribution in [-0.2, 0) is 4.79 Å². The maximum atomic E-state index is 12.6. The number of hydrogen-bond donors (Lipinski definition) is 1. The zero-order valence-electron chi connectivity index (χ0n) is 12.6. The number of ether oxygens (including phenoxy) is 1. The number of carbonyl (C=O) groups excluding carboxylic acids is 1. The van der Waals surface area contributed by atoms with Crippen molar-refractivity contribution in [3.63, 3.8) is 0 Å². The summed E-state index contributed by atoms with van der Waals surface area (Å²) in [6.45, 7) is 0.376. The van der Waals surface area contributed by atoms with Crippen LogP contribution in [0.1, 0.15) is 29.6 Å². The number of carboxylic acid groups (broad SMARTS) is 1. The molecule has 2 aliphatic rings. The van der Waals surface area contributed by atoms with Crippen molar-refractivity contribution in [2.75, 3.05) is 6.54 Å². The van der Waals surface area contributed by atoms with Gasteiger partial charge >= 0.3 is 12.3 Å². The average molecular weight is 343 g/mol. The summed E-state index contributed by atoms with van der Waals surface area (Å²) in [4.78, 5) is 25.5. The molecule has 1 saturated carbocycles. The molecule has 1 heterocycles. The Kier molecular flexibility index (Phi) is 4.15. The first-order valence-corrected chi connectivity index (χ1v) is 7.66. The van der Waals surface area contributed by atoms with Gasteiger partial charge in [0.1, 0.15) is 11.8 Å². The van der Waals surface area contributed by atoms with Crippen molar-refractivity contribution in [3.05, 3.63) is 29.8 Å². The molecule has 1 amide bonds. The van der Waals surface area contributed by atoms with Gasteiger partial charge in [-0.3, -0.25) is 4.79 Å². The van der Waals surface area contributed by atoms with Crippen molar-refractivity contribution in [2.24, 2.45) is 11.8 Å². The maximum Gasteiger partial charge on any atom is 0.573 e. The quantitative estimate of drug-likeness (QED) is 0.916. The highest BCUT2D eigenvalue weighted by Crippen LogP contribution is 2.42. The molecule has 3 rings (SSSR count). The number of aliphatic carboxylic acids is 1. The van der Waals surface area contributed by atoms with Gasteiger partial charge in [0.05, 0.1) is 0 Å². The lowest BCUT2D eigenvalue weighted by molar-refractivity contribution is -0.274. The van der Waals surface area contributed by atoms with E-state index in [0.29, 0.717) is 6.54 Å². The summed E-state index contributed by atoms with van der Waals surface area (Å²) in [6, 6.07) is 3.67. The Labute approximate surface area is 136 Å². The first kappa shape index (κ1) is 16.6. The van der Waals surface area contributed by atoms with Gasteiger partial charge in [0.15, 0.2) is 0 Å². The molecule has 1 aromatic carbocycles. The van der Waals surface area contributed by atoms with Crippen LogP contribution in [0.4, 0.5) is 13.2 Å². The minimum atomic E-state index is -4.80. The normalized spacial score (nSPS) is 26.3. The zero-order chi connectivity index (χ0) is 17.5. The molecule has 1 saturated heterocycles. The first-order valence-electron chi connectivity index (χ1n) is 7.66. The Balaban J connectivity index is 1.77. The molecule has 130 valence electrons. The van der Waals surface area contributed by atoms with Gasteiger partial charge < -0.3 is 14.7 Å². The van der Waals surface area contributed by atoms with E-state index in [1.165, 1.54) is 17.0 Å². The van der Waals surface area contributed by atoms with Gasteiger partial charge in [0, 0.05) is 12.1 Å². The number of rotatable bonds is 3. The molecule has 3 unspecified atom stereocenters. The van der Waals surface area contributed by atoms with Crippen molar-refractivity contribution in [1.82, 2.24) is 4.90 Å². The molecule has 0 aromatic heterocycles. The Morgan fingerprint density at radius 1 is 1.17 bits per heavy atom. The molecule has 0 radical (unpaired) electrons. The first-order chi connectivity index (χ1) is 11.3. The van der Waals surface area contributed by atoms with Gasteiger partial charge in [-0.05, 0) is 48.9 Å². The second-order valence-electron chi connectivity index (χ2n) is 6.17. The molecule has 1 aliphatic heterocycles. The van der Waals surface area contributed by atoms with E-state index in [9.17, 15) is 27.9 Å². The largest absolute Gasteiger partial charge is 0.573 e. The van der Waals surface area contributed by atoms with Gasteiger partial charge in [-0.1, -0.05) is 6.42 Å². The van der Waals surface area contributed by atoms with E-state index in [-0.39, 0.29) is 17.4 Å². The minimum Gasteiger partial charge on any atom is -0.480 e. The van der Waals surface area contributed by atoms with Crippen molar-refractivity contribution in [1.29, 1.82) is 0 Å². The smallest absolute Gasteiger partial charge is 0.480 e. The third-order valence-electron chi connectivity index (χ3n) is 4.74. The van der Waals surface area contributed by atoms with E-state index < -0.39 is 30.0 Å². The van der Waals surface area contributed by atoms with Crippen LogP contribution in [0.2, 0.25) is 0 Å². The van der Waals surface area contributed by atoms with Crippen LogP contribution >= 0.6 is 0 Å². The molecule has 8 heteroatoms. The molecule has 1 aromatic rings. The monoisotopic (exact) mass is 343 g/mol. The molecular formula is C16H16F3NO4. The number of hydrogen-bond acceptors (Lipinski definition) is 3. The standard InChI is InChI=1S/C16H16F3NO4/c17-16(18,19)24-11-6-4-9(5-7-11)14(21)20-8-10-2-1-3-12(10)13(20)15(22)23/h4-7,10,12-13H,1-3,8H2,(H,22,23). The van der Waals surface area contributed by atoms with E-state index >= 15 is 0 Å². The van der Waals surface area contributed by atoms with E-state index in [0.717, 1.165) is 31.4 Å². The van der Waals surface area contributed by atoms with E-state index in [1.54, 1.807) is 0 Å². The van der Waals surface area contributed by atoms with Crippen LogP contribution < -0.4 is 4.74 Å². The van der Waals surface area contributed by atoms with Crippen LogP contribution in [0, 0.1) is 11.8 Å². The van der Waals surface area contributed by atoms with Gasteiger partial charge in [0.2, 0.25) is 0 Å². The number of nitrogens with zero attached hydrogens (tertiary/aromatic N) is 1. The summed E-state index contributed by atoms with van der Waals surface area (Å²) >= 11 is 0. The zero-order valence-corrected chi connectivity index (χ0v) is 12.6. The Bertz CT molecular complexity index is 644. The van der Waals surface area contributed by atoms with Crippen molar-refractivity contribution < 1.29 is 32.6 Å². The summed E-state index contributed by atoms with van der Waals surface area (Å²) < 4.78 is 40.2. The molecule has 1 aliphatic carbocycles. The number of carbonyl (C=O) groups is 2. The fraction of sp³-hybridized carbons (Fsp3) is 0.500. The Hall–Kier alpha value is -2.25. The van der Waals surface area contributed by atoms with Crippen molar-refractivity contribution >= 4 is 11.9 Å². The average Bonchev–Trinajstić information content (AvgIpc) is 3.05. The maximum absolute atomic E-state index is 12.6. The van der Waals surface area contributed by atoms with Gasteiger partial charge in [-0.2, -0.15) is 0 Å². The number of benzene rings is 1. The topological polar surface area (TPSA) is 66.8 Å². The number of alkyl halides is 3. The fourth-order valence-corrected chi connectivity index (χ4v) is 3.80. The predicted molar refractivity (Wildman–Crippen MR) is 76.4 cm³/mol. The number of fused-ring (bicyclic) bond motifs is 1. The van der Waals surface area contributed by atoms with Gasteiger partial charge in [0.25, 0.3) is 5.91 Å². The van der Waals surface area contributed by atoms with Gasteiger partial charge in [-0.25, -0.2) is 4.79 Å². The lowest BCUT2D eigenvalue weighted by atomic mass is 9.94. The SMILES string of the molecule is O=C(O)C1C2CCCC2CN1C(=O)c1ccc(OC(F)(F)F)cc1. The molecule has 5 nitrogen and oxygen atoms in total. The third kappa shape index (κ3) is 3.18. The van der Waals surface area contributed by atoms with Crippen LogP contribution in [-0.4, -0.2) is 40.8 Å². The second-order valence-corrected chi connectivity index (χ2v) is 6.17. The van der Waals surface area contributed by atoms with Crippen molar-refractivity contribution in [2.45, 2.75) is 31.7 Å². The van der Waals surface area contributed by atoms with E-state index in [4.69, 9.17) is 0 Å². The molecule has 24 heavy (non-hydrogen) atoms. The number of halogens is 3. The highest BCUT2D eigenvalue weighted by molar-refractivity contribution is 5.97. The Morgan fingerprint density at radius 2 is 1.83 bits per heavy atom. The highest BCUT2D eigenvalue weighted by atomic mass is 19.4. The van der Waals surface area contributed by atoms with Crippen molar-refractivity contribution in [3.8, 4) is 5.75 Å². The van der Waals surface area contributed by atoms with Crippen LogP contribution in [0.3, 0.4) is 0 Å². The summed E-state index contributed by atoms with van der Waals surface area (Å²) in [5.74, 6) is -1.79. The van der Waals surface area contributed by atoms with Gasteiger partial charge in [-0.15, -0.1) is 13.2 Å². The molecular weight excluding hydrogens is 327 g/mol. The number of carboxylic acids is 1. The molecule has 0 spiro atoms. The predicted octanol–water partition coefficient (Wildman–Crippen LogP) is 2.91.